The van der Waals surface area contributed by atoms with Crippen molar-refractivity contribution in [3.05, 3.63) is 48.3 Å². The van der Waals surface area contributed by atoms with E-state index >= 15 is 0 Å². The monoisotopic (exact) mass is 349 g/mol. The lowest BCUT2D eigenvalue weighted by atomic mass is 10.0. The highest BCUT2D eigenvalue weighted by Gasteiger charge is 2.18. The zero-order chi connectivity index (χ0) is 18.1. The number of nitrogens with one attached hydrogen (secondary N) is 2. The fourth-order valence-corrected chi connectivity index (χ4v) is 2.80. The Bertz CT molecular complexity index is 1080. The molecule has 1 amide bonds. The molecular formula is C18H15N5O3. The molecule has 0 fully saturated rings. The molecule has 0 radical (unpaired) electrons. The summed E-state index contributed by atoms with van der Waals surface area (Å²) in [6.45, 7) is 1.95. The normalized spacial score (nSPS) is 10.8. The van der Waals surface area contributed by atoms with Crippen LogP contribution in [0.1, 0.15) is 5.69 Å². The maximum absolute atomic E-state index is 11.4. The van der Waals surface area contributed by atoms with Crippen LogP contribution in [0.4, 0.5) is 10.6 Å². The second-order valence-electron chi connectivity index (χ2n) is 5.65. The maximum atomic E-state index is 11.4. The molecule has 4 aromatic rings. The van der Waals surface area contributed by atoms with Gasteiger partial charge in [-0.05, 0) is 36.8 Å². The van der Waals surface area contributed by atoms with Gasteiger partial charge in [-0.3, -0.25) is 15.4 Å². The van der Waals surface area contributed by atoms with Crippen LogP contribution in [-0.4, -0.2) is 33.5 Å². The number of rotatable bonds is 3. The van der Waals surface area contributed by atoms with Gasteiger partial charge in [-0.25, -0.2) is 4.79 Å². The Morgan fingerprint density at radius 1 is 1.27 bits per heavy atom. The van der Waals surface area contributed by atoms with Crippen molar-refractivity contribution < 1.29 is 14.1 Å². The zero-order valence-corrected chi connectivity index (χ0v) is 14.1. The topological polar surface area (TPSA) is 106 Å². The van der Waals surface area contributed by atoms with E-state index in [9.17, 15) is 4.79 Å². The van der Waals surface area contributed by atoms with Crippen molar-refractivity contribution in [1.82, 2.24) is 20.3 Å². The lowest BCUT2D eigenvalue weighted by Gasteiger charge is -2.04. The van der Waals surface area contributed by atoms with Crippen LogP contribution in [0, 0.1) is 6.92 Å². The standard InChI is InChI=1S/C18H15N5O3/c1-10-15(16(22-21-10)13-5-3-4-8-19-13)11-6-7-12-14(9-11)26-23-17(12)20-18(24)25-2/h3-9H,1-2H3,(H,21,22)(H,20,23,24). The van der Waals surface area contributed by atoms with E-state index in [2.05, 4.69) is 30.4 Å². The summed E-state index contributed by atoms with van der Waals surface area (Å²) < 4.78 is 9.94. The number of hydrogen-bond acceptors (Lipinski definition) is 6. The molecule has 8 nitrogen and oxygen atoms in total. The summed E-state index contributed by atoms with van der Waals surface area (Å²) in [6.07, 6.45) is 1.13. The number of carbonyl (C=O) groups is 1. The van der Waals surface area contributed by atoms with Gasteiger partial charge in [-0.15, -0.1) is 0 Å². The van der Waals surface area contributed by atoms with Crippen LogP contribution in [0.15, 0.2) is 47.1 Å². The summed E-state index contributed by atoms with van der Waals surface area (Å²) in [4.78, 5) is 15.8. The number of carbonyl (C=O) groups excluding carboxylic acids is 1. The SMILES string of the molecule is COC(=O)Nc1noc2cc(-c3c(-c4ccccn4)n[nH]c3C)ccc12. The molecule has 0 spiro atoms. The quantitative estimate of drug-likeness (QED) is 0.583. The Hall–Kier alpha value is -3.68. The van der Waals surface area contributed by atoms with E-state index in [1.54, 1.807) is 6.20 Å². The minimum absolute atomic E-state index is 0.312. The highest BCUT2D eigenvalue weighted by molar-refractivity contribution is 5.98. The van der Waals surface area contributed by atoms with Crippen LogP contribution in [-0.2, 0) is 4.74 Å². The van der Waals surface area contributed by atoms with Crippen molar-refractivity contribution in [3.8, 4) is 22.5 Å². The molecule has 0 aliphatic heterocycles. The number of pyridine rings is 1. The number of fused-ring (bicyclic) bond motifs is 1. The molecule has 0 atom stereocenters. The van der Waals surface area contributed by atoms with E-state index < -0.39 is 6.09 Å². The molecule has 1 aromatic carbocycles. The van der Waals surface area contributed by atoms with Gasteiger partial charge in [0.1, 0.15) is 5.69 Å². The Balaban J connectivity index is 1.79. The predicted octanol–water partition coefficient (Wildman–Crippen LogP) is 3.77. The average Bonchev–Trinajstić information content (AvgIpc) is 3.25. The minimum atomic E-state index is -0.604. The summed E-state index contributed by atoms with van der Waals surface area (Å²) in [5, 5.41) is 14.5. The van der Waals surface area contributed by atoms with Gasteiger partial charge < -0.3 is 9.26 Å². The first-order valence-corrected chi connectivity index (χ1v) is 7.88. The summed E-state index contributed by atoms with van der Waals surface area (Å²) in [6, 6.07) is 11.3. The van der Waals surface area contributed by atoms with Gasteiger partial charge in [0.2, 0.25) is 0 Å². The van der Waals surface area contributed by atoms with Crippen LogP contribution < -0.4 is 5.32 Å². The third kappa shape index (κ3) is 2.67. The molecular weight excluding hydrogens is 334 g/mol. The van der Waals surface area contributed by atoms with E-state index in [4.69, 9.17) is 4.52 Å². The van der Waals surface area contributed by atoms with Crippen molar-refractivity contribution in [1.29, 1.82) is 0 Å². The van der Waals surface area contributed by atoms with Gasteiger partial charge in [-0.1, -0.05) is 17.3 Å². The molecule has 3 heterocycles. The first-order chi connectivity index (χ1) is 12.7. The summed E-state index contributed by atoms with van der Waals surface area (Å²) in [7, 11) is 1.29. The average molecular weight is 349 g/mol. The number of H-pyrrole nitrogens is 1. The Labute approximate surface area is 148 Å². The third-order valence-electron chi connectivity index (χ3n) is 4.02. The minimum Gasteiger partial charge on any atom is -0.453 e. The highest BCUT2D eigenvalue weighted by Crippen LogP contribution is 2.35. The van der Waals surface area contributed by atoms with E-state index in [1.807, 2.05) is 43.3 Å². The molecule has 0 aliphatic carbocycles. The molecule has 2 N–H and O–H groups in total. The van der Waals surface area contributed by atoms with Gasteiger partial charge in [0.25, 0.3) is 0 Å². The van der Waals surface area contributed by atoms with Gasteiger partial charge in [0.15, 0.2) is 11.4 Å². The van der Waals surface area contributed by atoms with Crippen LogP contribution in [0.5, 0.6) is 0 Å². The van der Waals surface area contributed by atoms with Crippen LogP contribution in [0.3, 0.4) is 0 Å². The smallest absolute Gasteiger partial charge is 0.412 e. The van der Waals surface area contributed by atoms with Crippen molar-refractivity contribution in [3.63, 3.8) is 0 Å². The number of amides is 1. The molecule has 4 rings (SSSR count). The van der Waals surface area contributed by atoms with Crippen molar-refractivity contribution in [2.24, 2.45) is 0 Å². The van der Waals surface area contributed by atoms with Gasteiger partial charge in [0.05, 0.1) is 18.2 Å². The number of ether oxygens (including phenoxy) is 1. The van der Waals surface area contributed by atoms with Gasteiger partial charge in [-0.2, -0.15) is 5.10 Å². The van der Waals surface area contributed by atoms with Crippen molar-refractivity contribution in [2.75, 3.05) is 12.4 Å². The Morgan fingerprint density at radius 2 is 2.15 bits per heavy atom. The molecule has 0 saturated heterocycles. The Kier molecular flexibility index (Phi) is 3.85. The van der Waals surface area contributed by atoms with E-state index in [0.717, 1.165) is 28.2 Å². The molecule has 3 aromatic heterocycles. The molecule has 0 unspecified atom stereocenters. The number of aryl methyl sites for hydroxylation is 1. The third-order valence-corrected chi connectivity index (χ3v) is 4.02. The zero-order valence-electron chi connectivity index (χ0n) is 14.1. The first kappa shape index (κ1) is 15.8. The Morgan fingerprint density at radius 3 is 2.92 bits per heavy atom. The van der Waals surface area contributed by atoms with Crippen LogP contribution >= 0.6 is 0 Å². The summed E-state index contributed by atoms with van der Waals surface area (Å²) >= 11 is 0. The fourth-order valence-electron chi connectivity index (χ4n) is 2.80. The number of aromatic amines is 1. The number of aromatic nitrogens is 4. The number of methoxy groups -OCH3 is 1. The second kappa shape index (κ2) is 6.32. The van der Waals surface area contributed by atoms with Crippen molar-refractivity contribution in [2.45, 2.75) is 6.92 Å². The molecule has 8 heteroatoms. The summed E-state index contributed by atoms with van der Waals surface area (Å²) in [5.41, 5.74) is 4.83. The van der Waals surface area contributed by atoms with Crippen LogP contribution in [0.25, 0.3) is 33.5 Å². The van der Waals surface area contributed by atoms with Crippen molar-refractivity contribution >= 4 is 22.9 Å². The largest absolute Gasteiger partial charge is 0.453 e. The van der Waals surface area contributed by atoms with Crippen LogP contribution in [0.2, 0.25) is 0 Å². The maximum Gasteiger partial charge on any atom is 0.412 e. The molecule has 0 saturated carbocycles. The van der Waals surface area contributed by atoms with Gasteiger partial charge >= 0.3 is 6.09 Å². The highest BCUT2D eigenvalue weighted by atomic mass is 16.5. The molecule has 130 valence electrons. The number of benzene rings is 1. The van der Waals surface area contributed by atoms with Gasteiger partial charge in [0, 0.05) is 17.5 Å². The second-order valence-corrected chi connectivity index (χ2v) is 5.65. The molecule has 0 bridgehead atoms. The van der Waals surface area contributed by atoms with E-state index in [-0.39, 0.29) is 0 Å². The summed E-state index contributed by atoms with van der Waals surface area (Å²) in [5.74, 6) is 0.312. The predicted molar refractivity (Wildman–Crippen MR) is 95.6 cm³/mol. The number of nitrogens with zero attached hydrogens (tertiary/aromatic N) is 3. The van der Waals surface area contributed by atoms with E-state index in [1.165, 1.54) is 7.11 Å². The fraction of sp³-hybridized carbons (Fsp3) is 0.111. The lowest BCUT2D eigenvalue weighted by Crippen LogP contribution is -2.11. The number of hydrogen-bond donors (Lipinski definition) is 2. The first-order valence-electron chi connectivity index (χ1n) is 7.88. The number of anilines is 1. The van der Waals surface area contributed by atoms with E-state index in [0.29, 0.717) is 16.8 Å². The molecule has 26 heavy (non-hydrogen) atoms. The molecule has 0 aliphatic rings. The lowest BCUT2D eigenvalue weighted by molar-refractivity contribution is 0.186.